The van der Waals surface area contributed by atoms with Crippen LogP contribution in [0, 0.1) is 0 Å². The monoisotopic (exact) mass is 243 g/mol. The number of aliphatic carboxylic acids is 1. The van der Waals surface area contributed by atoms with Crippen LogP contribution >= 0.6 is 0 Å². The quantitative estimate of drug-likeness (QED) is 0.692. The van der Waals surface area contributed by atoms with Gasteiger partial charge in [0.1, 0.15) is 12.6 Å². The summed E-state index contributed by atoms with van der Waals surface area (Å²) in [4.78, 5) is 36.3. The first-order chi connectivity index (χ1) is 7.97. The Morgan fingerprint density at radius 1 is 1.47 bits per heavy atom. The second-order valence-corrected chi connectivity index (χ2v) is 3.94. The summed E-state index contributed by atoms with van der Waals surface area (Å²) < 4.78 is 0. The van der Waals surface area contributed by atoms with Gasteiger partial charge in [0, 0.05) is 13.1 Å². The molecule has 96 valence electrons. The molecule has 1 fully saturated rings. The third-order valence-corrected chi connectivity index (χ3v) is 2.81. The zero-order valence-electron chi connectivity index (χ0n) is 9.76. The van der Waals surface area contributed by atoms with Gasteiger partial charge in [-0.2, -0.15) is 0 Å². The molecule has 0 radical (unpaired) electrons. The Hall–Kier alpha value is -1.79. The molecular weight excluding hydrogens is 226 g/mol. The van der Waals surface area contributed by atoms with Crippen LogP contribution in [0.5, 0.6) is 0 Å². The topological polar surface area (TPSA) is 104 Å². The van der Waals surface area contributed by atoms with Gasteiger partial charge in [0.15, 0.2) is 0 Å². The molecule has 0 aromatic carbocycles. The molecule has 3 amide bonds. The summed E-state index contributed by atoms with van der Waals surface area (Å²) in [7, 11) is 0. The minimum atomic E-state index is -1.07. The maximum atomic E-state index is 12.0. The molecule has 0 spiro atoms. The lowest BCUT2D eigenvalue weighted by Crippen LogP contribution is -2.50. The maximum absolute atomic E-state index is 12.0. The molecule has 1 atom stereocenters. The summed E-state index contributed by atoms with van der Waals surface area (Å²) in [5, 5.41) is 8.68. The van der Waals surface area contributed by atoms with E-state index >= 15 is 0 Å². The number of primary amides is 1. The van der Waals surface area contributed by atoms with Gasteiger partial charge in [-0.05, 0) is 19.8 Å². The minimum Gasteiger partial charge on any atom is -0.480 e. The number of amides is 3. The molecule has 7 nitrogen and oxygen atoms in total. The molecule has 7 heteroatoms. The van der Waals surface area contributed by atoms with Crippen LogP contribution in [0.2, 0.25) is 0 Å². The van der Waals surface area contributed by atoms with E-state index in [1.807, 2.05) is 0 Å². The van der Waals surface area contributed by atoms with E-state index in [1.165, 1.54) is 9.80 Å². The Kier molecular flexibility index (Phi) is 4.30. The highest BCUT2D eigenvalue weighted by Crippen LogP contribution is 2.18. The number of urea groups is 1. The molecule has 1 saturated heterocycles. The van der Waals surface area contributed by atoms with Crippen molar-refractivity contribution in [3.63, 3.8) is 0 Å². The molecule has 1 rings (SSSR count). The lowest BCUT2D eigenvalue weighted by Gasteiger charge is -2.28. The van der Waals surface area contributed by atoms with Crippen LogP contribution < -0.4 is 5.73 Å². The van der Waals surface area contributed by atoms with Gasteiger partial charge in [0.2, 0.25) is 5.91 Å². The van der Waals surface area contributed by atoms with Crippen LogP contribution in [0.3, 0.4) is 0 Å². The summed E-state index contributed by atoms with van der Waals surface area (Å²) in [5.74, 6) is -1.61. The Morgan fingerprint density at radius 2 is 2.12 bits per heavy atom. The molecule has 1 heterocycles. The molecule has 0 bridgehead atoms. The summed E-state index contributed by atoms with van der Waals surface area (Å²) in [6.07, 6.45) is 1.26. The molecule has 1 unspecified atom stereocenters. The molecule has 3 N–H and O–H groups in total. The zero-order valence-corrected chi connectivity index (χ0v) is 9.76. The largest absolute Gasteiger partial charge is 0.480 e. The van der Waals surface area contributed by atoms with Crippen molar-refractivity contribution in [3.05, 3.63) is 0 Å². The summed E-state index contributed by atoms with van der Waals surface area (Å²) >= 11 is 0. The highest BCUT2D eigenvalue weighted by atomic mass is 16.4. The number of nitrogens with two attached hydrogens (primary N) is 1. The van der Waals surface area contributed by atoms with Crippen molar-refractivity contribution in [2.75, 3.05) is 19.6 Å². The van der Waals surface area contributed by atoms with E-state index in [2.05, 4.69) is 0 Å². The first-order valence-corrected chi connectivity index (χ1v) is 5.54. The van der Waals surface area contributed by atoms with Crippen LogP contribution in [0.4, 0.5) is 4.79 Å². The van der Waals surface area contributed by atoms with Crippen molar-refractivity contribution in [1.82, 2.24) is 9.80 Å². The Morgan fingerprint density at radius 3 is 2.59 bits per heavy atom. The summed E-state index contributed by atoms with van der Waals surface area (Å²) in [5.41, 5.74) is 5.20. The number of likely N-dealkylation sites (N-methyl/N-ethyl adjacent to an activating group) is 1. The average Bonchev–Trinajstić information content (AvgIpc) is 2.73. The van der Waals surface area contributed by atoms with Crippen molar-refractivity contribution in [2.24, 2.45) is 5.73 Å². The number of rotatable bonds is 4. The summed E-state index contributed by atoms with van der Waals surface area (Å²) in [6, 6.07) is -1.04. The number of nitrogens with zero attached hydrogens (tertiary/aromatic N) is 2. The molecule has 0 saturated carbocycles. The van der Waals surface area contributed by atoms with E-state index in [0.717, 1.165) is 0 Å². The number of hydrogen-bond acceptors (Lipinski definition) is 3. The second-order valence-electron chi connectivity index (χ2n) is 3.94. The number of carbonyl (C=O) groups is 3. The van der Waals surface area contributed by atoms with Crippen molar-refractivity contribution < 1.29 is 19.5 Å². The molecule has 0 aliphatic carbocycles. The second kappa shape index (κ2) is 5.51. The van der Waals surface area contributed by atoms with Crippen LogP contribution in [-0.4, -0.2) is 58.5 Å². The highest BCUT2D eigenvalue weighted by molar-refractivity contribution is 5.87. The standard InChI is InChI=1S/C10H17N3O4/c1-2-12(6-8(14)15)10(17)13-5-3-4-7(13)9(11)16/h7H,2-6H2,1H3,(H2,11,16)(H,14,15). The summed E-state index contributed by atoms with van der Waals surface area (Å²) in [6.45, 7) is 2.06. The number of carbonyl (C=O) groups excluding carboxylic acids is 2. The molecule has 17 heavy (non-hydrogen) atoms. The van der Waals surface area contributed by atoms with E-state index in [9.17, 15) is 14.4 Å². The number of carboxylic acids is 1. The third-order valence-electron chi connectivity index (χ3n) is 2.81. The van der Waals surface area contributed by atoms with Crippen LogP contribution in [0.15, 0.2) is 0 Å². The van der Waals surface area contributed by atoms with Crippen molar-refractivity contribution in [3.8, 4) is 0 Å². The zero-order chi connectivity index (χ0) is 13.0. The fourth-order valence-corrected chi connectivity index (χ4v) is 1.95. The molecule has 1 aliphatic rings. The predicted molar refractivity (Wildman–Crippen MR) is 59.2 cm³/mol. The van der Waals surface area contributed by atoms with Gasteiger partial charge in [-0.15, -0.1) is 0 Å². The lowest BCUT2D eigenvalue weighted by atomic mass is 10.2. The Bertz CT molecular complexity index is 332. The fourth-order valence-electron chi connectivity index (χ4n) is 1.95. The molecule has 0 aromatic heterocycles. The first kappa shape index (κ1) is 13.3. The van der Waals surface area contributed by atoms with Crippen molar-refractivity contribution in [1.29, 1.82) is 0 Å². The number of likely N-dealkylation sites (tertiary alicyclic amines) is 1. The number of hydrogen-bond donors (Lipinski definition) is 2. The molecule has 0 aromatic rings. The lowest BCUT2D eigenvalue weighted by molar-refractivity contribution is -0.137. The fraction of sp³-hybridized carbons (Fsp3) is 0.700. The van der Waals surface area contributed by atoms with E-state index < -0.39 is 23.9 Å². The highest BCUT2D eigenvalue weighted by Gasteiger charge is 2.35. The van der Waals surface area contributed by atoms with E-state index in [4.69, 9.17) is 10.8 Å². The van der Waals surface area contributed by atoms with Crippen molar-refractivity contribution >= 4 is 17.9 Å². The molecular formula is C10H17N3O4. The van der Waals surface area contributed by atoms with Gasteiger partial charge < -0.3 is 20.6 Å². The maximum Gasteiger partial charge on any atom is 0.323 e. The number of carboxylic acid groups (broad SMARTS) is 1. The Labute approximate surface area is 99.2 Å². The van der Waals surface area contributed by atoms with Crippen LogP contribution in [0.25, 0.3) is 0 Å². The smallest absolute Gasteiger partial charge is 0.323 e. The predicted octanol–water partition coefficient (Wildman–Crippen LogP) is -0.537. The van der Waals surface area contributed by atoms with Gasteiger partial charge in [0.25, 0.3) is 0 Å². The first-order valence-electron chi connectivity index (χ1n) is 5.54. The molecule has 1 aliphatic heterocycles. The van der Waals surface area contributed by atoms with Crippen molar-refractivity contribution in [2.45, 2.75) is 25.8 Å². The van der Waals surface area contributed by atoms with E-state index in [0.29, 0.717) is 19.4 Å². The third kappa shape index (κ3) is 3.08. The van der Waals surface area contributed by atoms with Gasteiger partial charge in [0.05, 0.1) is 0 Å². The van der Waals surface area contributed by atoms with Crippen LogP contribution in [-0.2, 0) is 9.59 Å². The minimum absolute atomic E-state index is 0.285. The van der Waals surface area contributed by atoms with Crippen LogP contribution in [0.1, 0.15) is 19.8 Å². The normalized spacial score (nSPS) is 19.1. The average molecular weight is 243 g/mol. The van der Waals surface area contributed by atoms with E-state index in [-0.39, 0.29) is 13.1 Å². The Balaban J connectivity index is 2.73. The van der Waals surface area contributed by atoms with Gasteiger partial charge in [-0.25, -0.2) is 4.79 Å². The van der Waals surface area contributed by atoms with Gasteiger partial charge in [-0.1, -0.05) is 0 Å². The van der Waals surface area contributed by atoms with Gasteiger partial charge in [-0.3, -0.25) is 9.59 Å². The van der Waals surface area contributed by atoms with Gasteiger partial charge >= 0.3 is 12.0 Å². The SMILES string of the molecule is CCN(CC(=O)O)C(=O)N1CCCC1C(N)=O. The van der Waals surface area contributed by atoms with E-state index in [1.54, 1.807) is 6.92 Å².